The number of hydrogen-bond donors (Lipinski definition) is 1. The van der Waals surface area contributed by atoms with Gasteiger partial charge in [-0.3, -0.25) is 0 Å². The molecule has 0 aliphatic heterocycles. The fraction of sp³-hybridized carbons (Fsp3) is 0.600. The zero-order chi connectivity index (χ0) is 10.3. The first kappa shape index (κ1) is 9.72. The van der Waals surface area contributed by atoms with Gasteiger partial charge in [-0.25, -0.2) is 4.98 Å². The van der Waals surface area contributed by atoms with Crippen LogP contribution < -0.4 is 0 Å². The first-order valence-corrected chi connectivity index (χ1v) is 5.45. The molecule has 1 aliphatic rings. The van der Waals surface area contributed by atoms with Crippen LogP contribution >= 0.6 is 15.9 Å². The standard InChI is InChI=1S/C10H12BrN3/c1-10(2)5-6(10)9-13-7(3-4-12)8(11)14-9/h6H,3,5H2,1-2H3,(H,13,14). The van der Waals surface area contributed by atoms with Crippen molar-refractivity contribution in [3.63, 3.8) is 0 Å². The van der Waals surface area contributed by atoms with E-state index >= 15 is 0 Å². The summed E-state index contributed by atoms with van der Waals surface area (Å²) in [5.74, 6) is 1.55. The molecule has 1 heterocycles. The number of imidazole rings is 1. The number of rotatable bonds is 2. The SMILES string of the molecule is CC1(C)CC1c1nc(Br)c(CC#N)[nH]1. The number of nitrogens with one attached hydrogen (secondary N) is 1. The number of nitrogens with zero attached hydrogens (tertiary/aromatic N) is 2. The van der Waals surface area contributed by atoms with Gasteiger partial charge in [0, 0.05) is 5.92 Å². The van der Waals surface area contributed by atoms with E-state index in [0.29, 0.717) is 17.8 Å². The van der Waals surface area contributed by atoms with Crippen molar-refractivity contribution < 1.29 is 0 Å². The van der Waals surface area contributed by atoms with Gasteiger partial charge < -0.3 is 4.98 Å². The molecule has 0 saturated heterocycles. The number of aromatic nitrogens is 2. The van der Waals surface area contributed by atoms with Crippen LogP contribution in [0.5, 0.6) is 0 Å². The third-order valence-corrected chi connectivity index (χ3v) is 3.50. The fourth-order valence-electron chi connectivity index (χ4n) is 1.70. The molecule has 2 rings (SSSR count). The zero-order valence-corrected chi connectivity index (χ0v) is 9.85. The average molecular weight is 254 g/mol. The van der Waals surface area contributed by atoms with Crippen LogP contribution in [-0.2, 0) is 6.42 Å². The summed E-state index contributed by atoms with van der Waals surface area (Å²) in [6, 6.07) is 2.12. The lowest BCUT2D eigenvalue weighted by molar-refractivity contribution is 0.610. The van der Waals surface area contributed by atoms with Gasteiger partial charge in [0.2, 0.25) is 0 Å². The molecule has 1 N–H and O–H groups in total. The lowest BCUT2D eigenvalue weighted by Gasteiger charge is -1.98. The van der Waals surface area contributed by atoms with Gasteiger partial charge in [0.25, 0.3) is 0 Å². The molecule has 3 nitrogen and oxygen atoms in total. The monoisotopic (exact) mass is 253 g/mol. The molecule has 0 radical (unpaired) electrons. The highest BCUT2D eigenvalue weighted by atomic mass is 79.9. The van der Waals surface area contributed by atoms with E-state index < -0.39 is 0 Å². The molecule has 1 atom stereocenters. The van der Waals surface area contributed by atoms with Gasteiger partial charge in [-0.2, -0.15) is 5.26 Å². The van der Waals surface area contributed by atoms with Crippen molar-refractivity contribution in [2.45, 2.75) is 32.6 Å². The van der Waals surface area contributed by atoms with Gasteiger partial charge in [0.15, 0.2) is 0 Å². The predicted octanol–water partition coefficient (Wildman–Crippen LogP) is 2.75. The highest BCUT2D eigenvalue weighted by Gasteiger charge is 2.48. The lowest BCUT2D eigenvalue weighted by Crippen LogP contribution is -1.92. The van der Waals surface area contributed by atoms with Crippen molar-refractivity contribution in [3.8, 4) is 6.07 Å². The summed E-state index contributed by atoms with van der Waals surface area (Å²) < 4.78 is 0.789. The Morgan fingerprint density at radius 3 is 2.86 bits per heavy atom. The minimum absolute atomic E-state index is 0.376. The van der Waals surface area contributed by atoms with Crippen LogP contribution in [0.1, 0.15) is 37.7 Å². The van der Waals surface area contributed by atoms with E-state index in [-0.39, 0.29) is 0 Å². The maximum Gasteiger partial charge on any atom is 0.128 e. The topological polar surface area (TPSA) is 52.5 Å². The molecule has 0 bridgehead atoms. The molecule has 14 heavy (non-hydrogen) atoms. The first-order valence-electron chi connectivity index (χ1n) is 4.66. The van der Waals surface area contributed by atoms with Gasteiger partial charge in [-0.05, 0) is 27.8 Å². The van der Waals surface area contributed by atoms with Crippen molar-refractivity contribution in [1.29, 1.82) is 5.26 Å². The van der Waals surface area contributed by atoms with Crippen molar-refractivity contribution in [2.75, 3.05) is 0 Å². The predicted molar refractivity (Wildman–Crippen MR) is 56.7 cm³/mol. The highest BCUT2D eigenvalue weighted by molar-refractivity contribution is 9.10. The van der Waals surface area contributed by atoms with Crippen molar-refractivity contribution in [3.05, 3.63) is 16.1 Å². The molecule has 1 fully saturated rings. The van der Waals surface area contributed by atoms with Gasteiger partial charge in [-0.1, -0.05) is 13.8 Å². The summed E-state index contributed by atoms with van der Waals surface area (Å²) in [6.45, 7) is 4.47. The number of halogens is 1. The van der Waals surface area contributed by atoms with E-state index in [4.69, 9.17) is 5.26 Å². The summed E-state index contributed by atoms with van der Waals surface area (Å²) in [5.41, 5.74) is 1.27. The largest absolute Gasteiger partial charge is 0.344 e. The molecule has 0 amide bonds. The third-order valence-electron chi connectivity index (χ3n) is 2.85. The Labute approximate surface area is 91.7 Å². The summed E-state index contributed by atoms with van der Waals surface area (Å²) >= 11 is 3.36. The van der Waals surface area contributed by atoms with Crippen molar-refractivity contribution >= 4 is 15.9 Å². The maximum absolute atomic E-state index is 8.59. The molecule has 4 heteroatoms. The number of hydrogen-bond acceptors (Lipinski definition) is 2. The second kappa shape index (κ2) is 3.09. The summed E-state index contributed by atoms with van der Waals surface area (Å²) in [6.07, 6.45) is 1.57. The van der Waals surface area contributed by atoms with E-state index in [1.165, 1.54) is 6.42 Å². The van der Waals surface area contributed by atoms with Crippen LogP contribution in [-0.4, -0.2) is 9.97 Å². The van der Waals surface area contributed by atoms with Crippen molar-refractivity contribution in [2.24, 2.45) is 5.41 Å². The molecule has 1 aromatic rings. The van der Waals surface area contributed by atoms with Gasteiger partial charge in [-0.15, -0.1) is 0 Å². The van der Waals surface area contributed by atoms with Gasteiger partial charge in [0.05, 0.1) is 18.2 Å². The summed E-state index contributed by atoms with van der Waals surface area (Å²) in [7, 11) is 0. The smallest absolute Gasteiger partial charge is 0.128 e. The summed E-state index contributed by atoms with van der Waals surface area (Å²) in [5, 5.41) is 8.59. The minimum atomic E-state index is 0.376. The Balaban J connectivity index is 2.22. The molecule has 1 aliphatic carbocycles. The van der Waals surface area contributed by atoms with Crippen LogP contribution in [0.4, 0.5) is 0 Å². The lowest BCUT2D eigenvalue weighted by atomic mass is 10.1. The zero-order valence-electron chi connectivity index (χ0n) is 8.26. The Hall–Kier alpha value is -0.820. The number of nitriles is 1. The average Bonchev–Trinajstić information content (AvgIpc) is 2.57. The Kier molecular flexibility index (Phi) is 2.15. The van der Waals surface area contributed by atoms with Crippen LogP contribution in [0.3, 0.4) is 0 Å². The quantitative estimate of drug-likeness (QED) is 0.882. The fourth-order valence-corrected chi connectivity index (χ4v) is 2.13. The van der Waals surface area contributed by atoms with E-state index in [9.17, 15) is 0 Å². The van der Waals surface area contributed by atoms with E-state index in [1.54, 1.807) is 0 Å². The molecular formula is C10H12BrN3. The Morgan fingerprint density at radius 1 is 1.71 bits per heavy atom. The number of H-pyrrole nitrogens is 1. The maximum atomic E-state index is 8.59. The summed E-state index contributed by atoms with van der Waals surface area (Å²) in [4.78, 5) is 7.62. The molecular weight excluding hydrogens is 242 g/mol. The van der Waals surface area contributed by atoms with Crippen molar-refractivity contribution in [1.82, 2.24) is 9.97 Å². The first-order chi connectivity index (χ1) is 6.54. The minimum Gasteiger partial charge on any atom is -0.344 e. The van der Waals surface area contributed by atoms with E-state index in [2.05, 4.69) is 45.8 Å². The molecule has 74 valence electrons. The number of aromatic amines is 1. The Bertz CT molecular complexity index is 400. The Morgan fingerprint density at radius 2 is 2.36 bits per heavy atom. The normalized spacial score (nSPS) is 23.1. The van der Waals surface area contributed by atoms with E-state index in [1.807, 2.05) is 0 Å². The molecule has 1 aromatic heterocycles. The molecule has 0 aromatic carbocycles. The molecule has 0 spiro atoms. The highest BCUT2D eigenvalue weighted by Crippen LogP contribution is 2.57. The molecule has 1 unspecified atom stereocenters. The van der Waals surface area contributed by atoms with Crippen LogP contribution in [0.15, 0.2) is 4.60 Å². The van der Waals surface area contributed by atoms with Gasteiger partial charge >= 0.3 is 0 Å². The third kappa shape index (κ3) is 1.57. The van der Waals surface area contributed by atoms with Crippen LogP contribution in [0.2, 0.25) is 0 Å². The van der Waals surface area contributed by atoms with E-state index in [0.717, 1.165) is 16.1 Å². The second-order valence-corrected chi connectivity index (χ2v) is 5.22. The molecule has 1 saturated carbocycles. The second-order valence-electron chi connectivity index (χ2n) is 4.47. The van der Waals surface area contributed by atoms with Gasteiger partial charge in [0.1, 0.15) is 10.4 Å². The van der Waals surface area contributed by atoms with Crippen LogP contribution in [0, 0.1) is 16.7 Å². The van der Waals surface area contributed by atoms with Crippen LogP contribution in [0.25, 0.3) is 0 Å².